The molecule has 2 heteroatoms. The van der Waals surface area contributed by atoms with Gasteiger partial charge in [-0.2, -0.15) is 0 Å². The summed E-state index contributed by atoms with van der Waals surface area (Å²) in [5.74, 6) is 0. The Labute approximate surface area is 92.3 Å². The molecule has 0 aromatic rings. The second-order valence-electron chi connectivity index (χ2n) is 5.22. The van der Waals surface area contributed by atoms with Gasteiger partial charge in [-0.05, 0) is 44.4 Å². The molecule has 15 heavy (non-hydrogen) atoms. The summed E-state index contributed by atoms with van der Waals surface area (Å²) in [5.41, 5.74) is 0.565. The molecule has 2 fully saturated rings. The number of alkyl halides is 1. The zero-order valence-electron chi connectivity index (χ0n) is 9.71. The predicted octanol–water partition coefficient (Wildman–Crippen LogP) is 3.17. The summed E-state index contributed by atoms with van der Waals surface area (Å²) in [6.07, 6.45) is 9.35. The van der Waals surface area contributed by atoms with Gasteiger partial charge >= 0.3 is 0 Å². The van der Waals surface area contributed by atoms with Crippen LogP contribution in [-0.4, -0.2) is 30.7 Å². The van der Waals surface area contributed by atoms with Gasteiger partial charge in [-0.3, -0.25) is 0 Å². The maximum Gasteiger partial charge on any atom is 0.103 e. The van der Waals surface area contributed by atoms with Crippen LogP contribution in [0.3, 0.4) is 0 Å². The van der Waals surface area contributed by atoms with E-state index in [1.807, 2.05) is 0 Å². The van der Waals surface area contributed by atoms with E-state index >= 15 is 0 Å². The maximum atomic E-state index is 13.0. The van der Waals surface area contributed by atoms with Crippen molar-refractivity contribution in [1.82, 2.24) is 4.90 Å². The second-order valence-corrected chi connectivity index (χ2v) is 5.22. The van der Waals surface area contributed by atoms with Gasteiger partial charge in [0, 0.05) is 19.6 Å². The van der Waals surface area contributed by atoms with Gasteiger partial charge in [0.2, 0.25) is 0 Å². The number of likely N-dealkylation sites (tertiary alicyclic amines) is 1. The summed E-state index contributed by atoms with van der Waals surface area (Å²) in [7, 11) is 0. The van der Waals surface area contributed by atoms with Gasteiger partial charge in [-0.1, -0.05) is 12.2 Å². The molecule has 0 radical (unpaired) electrons. The maximum absolute atomic E-state index is 13.0. The summed E-state index contributed by atoms with van der Waals surface area (Å²) in [5, 5.41) is 0. The lowest BCUT2D eigenvalue weighted by molar-refractivity contribution is 0.129. The van der Waals surface area contributed by atoms with Crippen molar-refractivity contribution in [3.05, 3.63) is 12.2 Å². The Morgan fingerprint density at radius 1 is 1.33 bits per heavy atom. The van der Waals surface area contributed by atoms with E-state index in [4.69, 9.17) is 0 Å². The fraction of sp³-hybridized carbons (Fsp3) is 0.846. The van der Waals surface area contributed by atoms with Crippen LogP contribution in [0.4, 0.5) is 4.39 Å². The van der Waals surface area contributed by atoms with Crippen LogP contribution >= 0.6 is 0 Å². The Morgan fingerprint density at radius 3 is 2.53 bits per heavy atom. The van der Waals surface area contributed by atoms with E-state index in [9.17, 15) is 4.39 Å². The molecule has 1 saturated heterocycles. The topological polar surface area (TPSA) is 3.24 Å². The average Bonchev–Trinajstić information content (AvgIpc) is 3.00. The Hall–Kier alpha value is -0.370. The van der Waals surface area contributed by atoms with Crippen LogP contribution in [0.5, 0.6) is 0 Å². The van der Waals surface area contributed by atoms with Crippen LogP contribution in [0.25, 0.3) is 0 Å². The lowest BCUT2D eigenvalue weighted by atomic mass is 9.99. The fourth-order valence-corrected chi connectivity index (χ4v) is 2.51. The van der Waals surface area contributed by atoms with Crippen molar-refractivity contribution < 1.29 is 4.39 Å². The van der Waals surface area contributed by atoms with Crippen LogP contribution in [0.2, 0.25) is 0 Å². The van der Waals surface area contributed by atoms with Gasteiger partial charge in [0.05, 0.1) is 0 Å². The van der Waals surface area contributed by atoms with E-state index in [2.05, 4.69) is 24.0 Å². The fourth-order valence-electron chi connectivity index (χ4n) is 2.51. The number of rotatable bonds is 4. The SMILES string of the molecule is C/C=C\CC1(CN2CCC(F)CC2)CC1. The van der Waals surface area contributed by atoms with Gasteiger partial charge in [0.15, 0.2) is 0 Å². The summed E-state index contributed by atoms with van der Waals surface area (Å²) in [6, 6.07) is 0. The first-order valence-electron chi connectivity index (χ1n) is 6.22. The van der Waals surface area contributed by atoms with Crippen molar-refractivity contribution in [2.75, 3.05) is 19.6 Å². The number of hydrogen-bond acceptors (Lipinski definition) is 1. The Morgan fingerprint density at radius 2 is 2.00 bits per heavy atom. The van der Waals surface area contributed by atoms with Gasteiger partial charge in [0.1, 0.15) is 6.17 Å². The van der Waals surface area contributed by atoms with Crippen molar-refractivity contribution in [3.8, 4) is 0 Å². The smallest absolute Gasteiger partial charge is 0.103 e. The number of piperidine rings is 1. The van der Waals surface area contributed by atoms with Crippen LogP contribution in [0, 0.1) is 5.41 Å². The molecule has 1 aliphatic carbocycles. The Kier molecular flexibility index (Phi) is 3.45. The lowest BCUT2D eigenvalue weighted by Crippen LogP contribution is -2.38. The molecule has 86 valence electrons. The summed E-state index contributed by atoms with van der Waals surface area (Å²) < 4.78 is 13.0. The molecule has 0 aromatic heterocycles. The molecule has 0 aromatic carbocycles. The van der Waals surface area contributed by atoms with Gasteiger partial charge in [-0.15, -0.1) is 0 Å². The van der Waals surface area contributed by atoms with Crippen molar-refractivity contribution >= 4 is 0 Å². The third-order valence-electron chi connectivity index (χ3n) is 3.82. The standard InChI is InChI=1S/C13H22FN/c1-2-3-6-13(7-8-13)11-15-9-4-12(14)5-10-15/h2-3,12H,4-11H2,1H3/b3-2-. The van der Waals surface area contributed by atoms with Crippen LogP contribution < -0.4 is 0 Å². The van der Waals surface area contributed by atoms with Crippen LogP contribution in [0.1, 0.15) is 39.0 Å². The zero-order valence-corrected chi connectivity index (χ0v) is 9.71. The monoisotopic (exact) mass is 211 g/mol. The molecule has 0 spiro atoms. The molecule has 1 nitrogen and oxygen atoms in total. The molecular formula is C13H22FN. The molecule has 2 rings (SSSR count). The molecule has 0 bridgehead atoms. The van der Waals surface area contributed by atoms with E-state index in [1.165, 1.54) is 25.8 Å². The minimum atomic E-state index is -0.535. The minimum Gasteiger partial charge on any atom is -0.303 e. The third-order valence-corrected chi connectivity index (χ3v) is 3.82. The molecule has 1 heterocycles. The Bertz CT molecular complexity index is 225. The third kappa shape index (κ3) is 3.04. The number of halogens is 1. The first-order valence-corrected chi connectivity index (χ1v) is 6.22. The van der Waals surface area contributed by atoms with E-state index in [1.54, 1.807) is 0 Å². The molecule has 1 aliphatic heterocycles. The average molecular weight is 211 g/mol. The van der Waals surface area contributed by atoms with E-state index < -0.39 is 6.17 Å². The lowest BCUT2D eigenvalue weighted by Gasteiger charge is -2.31. The predicted molar refractivity (Wildman–Crippen MR) is 61.7 cm³/mol. The van der Waals surface area contributed by atoms with Crippen molar-refractivity contribution in [2.24, 2.45) is 5.41 Å². The van der Waals surface area contributed by atoms with Gasteiger partial charge in [0.25, 0.3) is 0 Å². The zero-order chi connectivity index (χ0) is 10.7. The van der Waals surface area contributed by atoms with Crippen LogP contribution in [-0.2, 0) is 0 Å². The molecule has 0 atom stereocenters. The normalized spacial score (nSPS) is 27.3. The molecule has 0 unspecified atom stereocenters. The molecule has 0 amide bonds. The Balaban J connectivity index is 1.76. The van der Waals surface area contributed by atoms with Crippen molar-refractivity contribution in [2.45, 2.75) is 45.2 Å². The molecule has 1 saturated carbocycles. The molecule has 0 N–H and O–H groups in total. The highest BCUT2D eigenvalue weighted by molar-refractivity contribution is 5.01. The molecular weight excluding hydrogens is 189 g/mol. The van der Waals surface area contributed by atoms with E-state index in [0.717, 1.165) is 25.9 Å². The summed E-state index contributed by atoms with van der Waals surface area (Å²) >= 11 is 0. The summed E-state index contributed by atoms with van der Waals surface area (Å²) in [6.45, 7) is 5.23. The van der Waals surface area contributed by atoms with E-state index in [-0.39, 0.29) is 0 Å². The first kappa shape index (κ1) is 11.1. The number of nitrogens with zero attached hydrogens (tertiary/aromatic N) is 1. The number of hydrogen-bond donors (Lipinski definition) is 0. The molecule has 2 aliphatic rings. The number of allylic oxidation sites excluding steroid dienone is 2. The quantitative estimate of drug-likeness (QED) is 0.646. The largest absolute Gasteiger partial charge is 0.303 e. The van der Waals surface area contributed by atoms with E-state index in [0.29, 0.717) is 5.41 Å². The van der Waals surface area contributed by atoms with Gasteiger partial charge < -0.3 is 4.90 Å². The van der Waals surface area contributed by atoms with Crippen molar-refractivity contribution in [3.63, 3.8) is 0 Å². The highest BCUT2D eigenvalue weighted by Crippen LogP contribution is 2.49. The van der Waals surface area contributed by atoms with Gasteiger partial charge in [-0.25, -0.2) is 4.39 Å². The highest BCUT2D eigenvalue weighted by atomic mass is 19.1. The highest BCUT2D eigenvalue weighted by Gasteiger charge is 2.42. The summed E-state index contributed by atoms with van der Waals surface area (Å²) in [4.78, 5) is 2.46. The van der Waals surface area contributed by atoms with Crippen LogP contribution in [0.15, 0.2) is 12.2 Å². The first-order chi connectivity index (χ1) is 7.24. The van der Waals surface area contributed by atoms with Crippen molar-refractivity contribution in [1.29, 1.82) is 0 Å². The minimum absolute atomic E-state index is 0.535. The second kappa shape index (κ2) is 4.65.